The molecule has 0 unspecified atom stereocenters. The van der Waals surface area contributed by atoms with E-state index < -0.39 is 15.8 Å². The molecule has 140 valence electrons. The minimum absolute atomic E-state index is 0.0209. The number of aromatic nitrogens is 2. The van der Waals surface area contributed by atoms with Crippen molar-refractivity contribution in [3.63, 3.8) is 0 Å². The Balaban J connectivity index is 1.84. The molecule has 0 amide bonds. The smallest absolute Gasteiger partial charge is 0.232 e. The molecule has 3 aromatic rings. The number of fused-ring (bicyclic) bond motifs is 2. The van der Waals surface area contributed by atoms with Crippen LogP contribution in [-0.2, 0) is 10.0 Å². The molecule has 0 fully saturated rings. The predicted octanol–water partition coefficient (Wildman–Crippen LogP) is 3.32. The normalized spacial score (nSPS) is 14.0. The summed E-state index contributed by atoms with van der Waals surface area (Å²) in [4.78, 5) is 8.45. The second-order valence-corrected chi connectivity index (χ2v) is 8.31. The second-order valence-electron chi connectivity index (χ2n) is 6.00. The molecule has 0 spiro atoms. The Bertz CT molecular complexity index is 1160. The summed E-state index contributed by atoms with van der Waals surface area (Å²) in [5.41, 5.74) is 1.54. The highest BCUT2D eigenvalue weighted by atomic mass is 35.5. The SMILES string of the molecule is CS(=O)(=O)N1CCOc2cc3ncnc(Nc4ccc(F)c(Cl)c4)c3cc21. The van der Waals surface area contributed by atoms with E-state index in [-0.39, 0.29) is 18.2 Å². The first-order chi connectivity index (χ1) is 12.8. The number of benzene rings is 2. The molecule has 2 aromatic carbocycles. The first kappa shape index (κ1) is 17.7. The van der Waals surface area contributed by atoms with Crippen LogP contribution in [0.3, 0.4) is 0 Å². The molecule has 0 bridgehead atoms. The molecule has 4 rings (SSSR count). The van der Waals surface area contributed by atoms with Gasteiger partial charge in [0.05, 0.1) is 29.0 Å². The quantitative estimate of drug-likeness (QED) is 0.715. The van der Waals surface area contributed by atoms with Crippen molar-refractivity contribution in [3.8, 4) is 5.75 Å². The standard InChI is InChI=1S/C17H14ClFN4O3S/c1-27(24,25)23-4-5-26-16-8-14-11(7-15(16)23)17(21-9-20-14)22-10-2-3-13(19)12(18)6-10/h2-3,6-9H,4-5H2,1H3,(H,20,21,22). The number of ether oxygens (including phenoxy) is 1. The lowest BCUT2D eigenvalue weighted by atomic mass is 10.1. The van der Waals surface area contributed by atoms with Gasteiger partial charge in [0.15, 0.2) is 0 Å². The van der Waals surface area contributed by atoms with Crippen LogP contribution in [0.25, 0.3) is 10.9 Å². The van der Waals surface area contributed by atoms with Crippen LogP contribution in [-0.4, -0.2) is 37.8 Å². The molecule has 1 aliphatic heterocycles. The monoisotopic (exact) mass is 408 g/mol. The molecule has 0 saturated carbocycles. The molecular formula is C17H14ClFN4O3S. The summed E-state index contributed by atoms with van der Waals surface area (Å²) in [5.74, 6) is 0.350. The Morgan fingerprint density at radius 2 is 2.07 bits per heavy atom. The molecule has 7 nitrogen and oxygen atoms in total. The van der Waals surface area contributed by atoms with E-state index in [9.17, 15) is 12.8 Å². The van der Waals surface area contributed by atoms with E-state index >= 15 is 0 Å². The fraction of sp³-hybridized carbons (Fsp3) is 0.176. The summed E-state index contributed by atoms with van der Waals surface area (Å²) >= 11 is 5.82. The summed E-state index contributed by atoms with van der Waals surface area (Å²) in [6.07, 6.45) is 2.52. The molecule has 0 aliphatic carbocycles. The molecule has 0 saturated heterocycles. The van der Waals surface area contributed by atoms with Crippen molar-refractivity contribution in [2.75, 3.05) is 29.0 Å². The zero-order valence-electron chi connectivity index (χ0n) is 14.1. The van der Waals surface area contributed by atoms with Gasteiger partial charge >= 0.3 is 0 Å². The van der Waals surface area contributed by atoms with Crippen molar-refractivity contribution in [3.05, 3.63) is 47.5 Å². The van der Waals surface area contributed by atoms with Gasteiger partial charge in [0.1, 0.15) is 30.3 Å². The van der Waals surface area contributed by atoms with Gasteiger partial charge in [-0.05, 0) is 24.3 Å². The van der Waals surface area contributed by atoms with Crippen LogP contribution in [0.2, 0.25) is 5.02 Å². The number of nitrogens with zero attached hydrogens (tertiary/aromatic N) is 3. The fourth-order valence-electron chi connectivity index (χ4n) is 2.90. The molecule has 1 aromatic heterocycles. The van der Waals surface area contributed by atoms with Crippen LogP contribution in [0.4, 0.5) is 21.6 Å². The van der Waals surface area contributed by atoms with Crippen molar-refractivity contribution in [2.45, 2.75) is 0 Å². The van der Waals surface area contributed by atoms with E-state index in [0.717, 1.165) is 6.26 Å². The summed E-state index contributed by atoms with van der Waals surface area (Å²) in [7, 11) is -3.46. The maximum absolute atomic E-state index is 13.4. The summed E-state index contributed by atoms with van der Waals surface area (Å²) in [5, 5.41) is 3.64. The number of hydrogen-bond donors (Lipinski definition) is 1. The molecule has 27 heavy (non-hydrogen) atoms. The van der Waals surface area contributed by atoms with Gasteiger partial charge in [-0.3, -0.25) is 4.31 Å². The Labute approximate surface area is 159 Å². The number of halogens is 2. The van der Waals surface area contributed by atoms with Gasteiger partial charge in [-0.25, -0.2) is 22.8 Å². The highest BCUT2D eigenvalue weighted by molar-refractivity contribution is 7.92. The van der Waals surface area contributed by atoms with Crippen molar-refractivity contribution in [2.24, 2.45) is 0 Å². The zero-order chi connectivity index (χ0) is 19.2. The molecule has 1 N–H and O–H groups in total. The lowest BCUT2D eigenvalue weighted by Gasteiger charge is -2.29. The van der Waals surface area contributed by atoms with E-state index in [1.165, 1.54) is 28.8 Å². The zero-order valence-corrected chi connectivity index (χ0v) is 15.7. The Morgan fingerprint density at radius 1 is 1.26 bits per heavy atom. The third-order valence-electron chi connectivity index (χ3n) is 4.12. The van der Waals surface area contributed by atoms with E-state index in [1.807, 2.05) is 0 Å². The van der Waals surface area contributed by atoms with Crippen molar-refractivity contribution < 1.29 is 17.5 Å². The third kappa shape index (κ3) is 3.35. The molecular weight excluding hydrogens is 395 g/mol. The minimum atomic E-state index is -3.46. The average Bonchev–Trinajstić information content (AvgIpc) is 2.62. The van der Waals surface area contributed by atoms with E-state index in [4.69, 9.17) is 16.3 Å². The lowest BCUT2D eigenvalue weighted by molar-refractivity contribution is 0.316. The molecule has 0 atom stereocenters. The topological polar surface area (TPSA) is 84.4 Å². The minimum Gasteiger partial charge on any atom is -0.489 e. The van der Waals surface area contributed by atoms with Crippen LogP contribution < -0.4 is 14.4 Å². The van der Waals surface area contributed by atoms with Crippen LogP contribution in [0.5, 0.6) is 5.75 Å². The fourth-order valence-corrected chi connectivity index (χ4v) is 3.98. The summed E-state index contributed by atoms with van der Waals surface area (Å²) < 4.78 is 44.5. The van der Waals surface area contributed by atoms with E-state index in [0.29, 0.717) is 33.8 Å². The molecule has 10 heteroatoms. The highest BCUT2D eigenvalue weighted by Gasteiger charge is 2.26. The molecule has 2 heterocycles. The maximum Gasteiger partial charge on any atom is 0.232 e. The highest BCUT2D eigenvalue weighted by Crippen LogP contribution is 2.38. The van der Waals surface area contributed by atoms with Gasteiger partial charge in [0, 0.05) is 17.1 Å². The van der Waals surface area contributed by atoms with Gasteiger partial charge < -0.3 is 10.1 Å². The number of anilines is 3. The van der Waals surface area contributed by atoms with Gasteiger partial charge in [0.2, 0.25) is 10.0 Å². The Morgan fingerprint density at radius 3 is 2.81 bits per heavy atom. The predicted molar refractivity (Wildman–Crippen MR) is 102 cm³/mol. The van der Waals surface area contributed by atoms with Crippen molar-refractivity contribution in [1.29, 1.82) is 0 Å². The Kier molecular flexibility index (Phi) is 4.27. The van der Waals surface area contributed by atoms with Crippen LogP contribution in [0.1, 0.15) is 0 Å². The van der Waals surface area contributed by atoms with Gasteiger partial charge in [-0.2, -0.15) is 0 Å². The first-order valence-corrected chi connectivity index (χ1v) is 10.2. The largest absolute Gasteiger partial charge is 0.489 e. The Hall–Kier alpha value is -2.65. The van der Waals surface area contributed by atoms with Gasteiger partial charge in [-0.1, -0.05) is 11.6 Å². The van der Waals surface area contributed by atoms with E-state index in [2.05, 4.69) is 15.3 Å². The van der Waals surface area contributed by atoms with Crippen LogP contribution >= 0.6 is 11.6 Å². The third-order valence-corrected chi connectivity index (χ3v) is 5.59. The van der Waals surface area contributed by atoms with Crippen molar-refractivity contribution >= 4 is 49.7 Å². The van der Waals surface area contributed by atoms with E-state index in [1.54, 1.807) is 12.1 Å². The number of sulfonamides is 1. The summed E-state index contributed by atoms with van der Waals surface area (Å²) in [6, 6.07) is 7.55. The number of hydrogen-bond acceptors (Lipinski definition) is 6. The first-order valence-electron chi connectivity index (χ1n) is 7.94. The molecule has 1 aliphatic rings. The lowest BCUT2D eigenvalue weighted by Crippen LogP contribution is -2.37. The van der Waals surface area contributed by atoms with Crippen molar-refractivity contribution in [1.82, 2.24) is 9.97 Å². The maximum atomic E-state index is 13.4. The number of rotatable bonds is 3. The number of nitrogens with one attached hydrogen (secondary N) is 1. The van der Waals surface area contributed by atoms with Crippen LogP contribution in [0.15, 0.2) is 36.7 Å². The summed E-state index contributed by atoms with van der Waals surface area (Å²) in [6.45, 7) is 0.483. The second kappa shape index (κ2) is 6.50. The molecule has 0 radical (unpaired) electrons. The van der Waals surface area contributed by atoms with Crippen LogP contribution in [0, 0.1) is 5.82 Å². The van der Waals surface area contributed by atoms with Gasteiger partial charge in [0.25, 0.3) is 0 Å². The van der Waals surface area contributed by atoms with Gasteiger partial charge in [-0.15, -0.1) is 0 Å². The average molecular weight is 409 g/mol.